The summed E-state index contributed by atoms with van der Waals surface area (Å²) in [5.41, 5.74) is 1.37. The first-order valence-electron chi connectivity index (χ1n) is 5.31. The molecule has 1 aliphatic rings. The number of aromatic amines is 1. The van der Waals surface area contributed by atoms with E-state index in [1.165, 1.54) is 44.3 Å². The second kappa shape index (κ2) is 4.47. The van der Waals surface area contributed by atoms with E-state index in [0.717, 1.165) is 6.04 Å². The summed E-state index contributed by atoms with van der Waals surface area (Å²) in [7, 11) is 0. The molecule has 2 nitrogen and oxygen atoms in total. The third-order valence-electron chi connectivity index (χ3n) is 2.55. The molecule has 0 amide bonds. The van der Waals surface area contributed by atoms with E-state index in [1.807, 2.05) is 6.20 Å². The lowest BCUT2D eigenvalue weighted by molar-refractivity contribution is 0.617. The molecule has 1 heterocycles. The molecule has 0 atom stereocenters. The number of hydrogen-bond acceptors (Lipinski definition) is 1. The van der Waals surface area contributed by atoms with Crippen molar-refractivity contribution in [1.29, 1.82) is 0 Å². The Kier molecular flexibility index (Phi) is 3.03. The number of H-pyrrole nitrogens is 1. The maximum absolute atomic E-state index is 3.53. The molecule has 2 N–H and O–H groups in total. The normalized spacial score (nSPS) is 16.3. The summed E-state index contributed by atoms with van der Waals surface area (Å²) >= 11 is 0. The van der Waals surface area contributed by atoms with E-state index in [-0.39, 0.29) is 0 Å². The second-order valence-electron chi connectivity index (χ2n) is 3.88. The summed E-state index contributed by atoms with van der Waals surface area (Å²) in [6.07, 6.45) is 8.58. The predicted molar refractivity (Wildman–Crippen MR) is 54.8 cm³/mol. The standard InChI is InChI=1S/C11H18N2/c1(2-8-12-11-6-7-11)4-10-5-3-9-13-10/h3,5,9,11-13H,1-2,4,6-8H2. The van der Waals surface area contributed by atoms with Crippen LogP contribution in [0.4, 0.5) is 0 Å². The Hall–Kier alpha value is -0.760. The average Bonchev–Trinajstić information content (AvgIpc) is 2.81. The molecular formula is C11H18N2. The SMILES string of the molecule is c1c[nH]c(CCCCNC2CC2)c1. The number of nitrogens with one attached hydrogen (secondary N) is 2. The van der Waals surface area contributed by atoms with Crippen molar-refractivity contribution >= 4 is 0 Å². The summed E-state index contributed by atoms with van der Waals surface area (Å²) in [5, 5.41) is 3.53. The van der Waals surface area contributed by atoms with E-state index in [9.17, 15) is 0 Å². The molecule has 13 heavy (non-hydrogen) atoms. The molecule has 1 aliphatic carbocycles. The van der Waals surface area contributed by atoms with Crippen LogP contribution in [0.1, 0.15) is 31.4 Å². The molecule has 72 valence electrons. The van der Waals surface area contributed by atoms with Gasteiger partial charge in [0.05, 0.1) is 0 Å². The highest BCUT2D eigenvalue weighted by molar-refractivity contribution is 5.03. The van der Waals surface area contributed by atoms with Gasteiger partial charge in [-0.25, -0.2) is 0 Å². The first kappa shape index (κ1) is 8.82. The van der Waals surface area contributed by atoms with Crippen molar-refractivity contribution in [3.8, 4) is 0 Å². The predicted octanol–water partition coefficient (Wildman–Crippen LogP) is 2.09. The van der Waals surface area contributed by atoms with E-state index in [2.05, 4.69) is 22.4 Å². The lowest BCUT2D eigenvalue weighted by Gasteiger charge is -2.01. The molecule has 1 fully saturated rings. The number of unbranched alkanes of at least 4 members (excludes halogenated alkanes) is 1. The monoisotopic (exact) mass is 178 g/mol. The minimum absolute atomic E-state index is 0.866. The lowest BCUT2D eigenvalue weighted by atomic mass is 10.2. The van der Waals surface area contributed by atoms with Gasteiger partial charge in [0.25, 0.3) is 0 Å². The molecule has 0 bridgehead atoms. The van der Waals surface area contributed by atoms with Crippen molar-refractivity contribution in [1.82, 2.24) is 10.3 Å². The van der Waals surface area contributed by atoms with E-state index in [1.54, 1.807) is 0 Å². The van der Waals surface area contributed by atoms with Gasteiger partial charge in [-0.2, -0.15) is 0 Å². The molecule has 2 heteroatoms. The maximum atomic E-state index is 3.53. The molecule has 2 rings (SSSR count). The molecule has 0 spiro atoms. The number of aryl methyl sites for hydroxylation is 1. The zero-order chi connectivity index (χ0) is 8.93. The van der Waals surface area contributed by atoms with Gasteiger partial charge >= 0.3 is 0 Å². The van der Waals surface area contributed by atoms with Gasteiger partial charge in [-0.1, -0.05) is 0 Å². The lowest BCUT2D eigenvalue weighted by Crippen LogP contribution is -2.17. The number of aromatic nitrogens is 1. The van der Waals surface area contributed by atoms with Gasteiger partial charge in [0, 0.05) is 17.9 Å². The van der Waals surface area contributed by atoms with Gasteiger partial charge in [-0.15, -0.1) is 0 Å². The van der Waals surface area contributed by atoms with Crippen molar-refractivity contribution < 1.29 is 0 Å². The Morgan fingerprint density at radius 2 is 2.31 bits per heavy atom. The Bertz CT molecular complexity index is 224. The van der Waals surface area contributed by atoms with Crippen LogP contribution in [0.3, 0.4) is 0 Å². The summed E-state index contributed by atoms with van der Waals surface area (Å²) in [6.45, 7) is 1.20. The second-order valence-corrected chi connectivity index (χ2v) is 3.88. The third kappa shape index (κ3) is 3.23. The highest BCUT2D eigenvalue weighted by Crippen LogP contribution is 2.18. The molecule has 0 aromatic carbocycles. The Morgan fingerprint density at radius 1 is 1.38 bits per heavy atom. The molecule has 1 aromatic rings. The summed E-state index contributed by atoms with van der Waals surface area (Å²) in [4.78, 5) is 3.23. The van der Waals surface area contributed by atoms with E-state index in [4.69, 9.17) is 0 Å². The van der Waals surface area contributed by atoms with E-state index >= 15 is 0 Å². The van der Waals surface area contributed by atoms with Crippen molar-refractivity contribution in [3.05, 3.63) is 24.0 Å². The number of rotatable bonds is 6. The van der Waals surface area contributed by atoms with Gasteiger partial charge < -0.3 is 10.3 Å². The van der Waals surface area contributed by atoms with Crippen LogP contribution in [0.15, 0.2) is 18.3 Å². The zero-order valence-electron chi connectivity index (χ0n) is 8.05. The first-order chi connectivity index (χ1) is 6.45. The zero-order valence-corrected chi connectivity index (χ0v) is 8.05. The largest absolute Gasteiger partial charge is 0.365 e. The minimum atomic E-state index is 0.866. The summed E-state index contributed by atoms with van der Waals surface area (Å²) in [5.74, 6) is 0. The van der Waals surface area contributed by atoms with Crippen LogP contribution in [0.25, 0.3) is 0 Å². The van der Waals surface area contributed by atoms with Crippen molar-refractivity contribution in [2.75, 3.05) is 6.54 Å². The van der Waals surface area contributed by atoms with Crippen LogP contribution in [-0.2, 0) is 6.42 Å². The first-order valence-corrected chi connectivity index (χ1v) is 5.31. The molecule has 1 aromatic heterocycles. The van der Waals surface area contributed by atoms with Crippen LogP contribution in [0.2, 0.25) is 0 Å². The fourth-order valence-corrected chi connectivity index (χ4v) is 1.56. The van der Waals surface area contributed by atoms with Gasteiger partial charge in [0.15, 0.2) is 0 Å². The molecule has 0 unspecified atom stereocenters. The topological polar surface area (TPSA) is 27.8 Å². The van der Waals surface area contributed by atoms with Gasteiger partial charge in [-0.05, 0) is 50.8 Å². The van der Waals surface area contributed by atoms with Gasteiger partial charge in [0.1, 0.15) is 0 Å². The number of hydrogen-bond donors (Lipinski definition) is 2. The Labute approximate surface area is 79.7 Å². The maximum Gasteiger partial charge on any atom is 0.0147 e. The molecule has 0 saturated heterocycles. The van der Waals surface area contributed by atoms with Crippen LogP contribution in [-0.4, -0.2) is 17.6 Å². The van der Waals surface area contributed by atoms with E-state index < -0.39 is 0 Å². The quantitative estimate of drug-likeness (QED) is 0.641. The highest BCUT2D eigenvalue weighted by atomic mass is 14.9. The molecule has 0 radical (unpaired) electrons. The fourth-order valence-electron chi connectivity index (χ4n) is 1.56. The molecule has 0 aliphatic heterocycles. The van der Waals surface area contributed by atoms with Crippen molar-refractivity contribution in [3.63, 3.8) is 0 Å². The van der Waals surface area contributed by atoms with Gasteiger partial charge in [0.2, 0.25) is 0 Å². The Balaban J connectivity index is 1.48. The molecular weight excluding hydrogens is 160 g/mol. The third-order valence-corrected chi connectivity index (χ3v) is 2.55. The fraction of sp³-hybridized carbons (Fsp3) is 0.636. The van der Waals surface area contributed by atoms with E-state index in [0.29, 0.717) is 0 Å². The smallest absolute Gasteiger partial charge is 0.0147 e. The van der Waals surface area contributed by atoms with Crippen LogP contribution in [0.5, 0.6) is 0 Å². The molecule has 1 saturated carbocycles. The summed E-state index contributed by atoms with van der Waals surface area (Å²) < 4.78 is 0. The van der Waals surface area contributed by atoms with Crippen LogP contribution in [0, 0.1) is 0 Å². The highest BCUT2D eigenvalue weighted by Gasteiger charge is 2.19. The van der Waals surface area contributed by atoms with Gasteiger partial charge in [-0.3, -0.25) is 0 Å². The van der Waals surface area contributed by atoms with Crippen molar-refractivity contribution in [2.45, 2.75) is 38.1 Å². The Morgan fingerprint density at radius 3 is 3.00 bits per heavy atom. The van der Waals surface area contributed by atoms with Crippen molar-refractivity contribution in [2.24, 2.45) is 0 Å². The van der Waals surface area contributed by atoms with Crippen LogP contribution >= 0.6 is 0 Å². The summed E-state index contributed by atoms with van der Waals surface area (Å²) in [6, 6.07) is 5.09. The minimum Gasteiger partial charge on any atom is -0.365 e. The van der Waals surface area contributed by atoms with Crippen LogP contribution < -0.4 is 5.32 Å². The average molecular weight is 178 g/mol.